The molecule has 1 aromatic rings. The smallest absolute Gasteiger partial charge is 0.0610 e. The Kier molecular flexibility index (Phi) is 4.77. The van der Waals surface area contributed by atoms with E-state index in [4.69, 9.17) is 0 Å². The Morgan fingerprint density at radius 1 is 1.60 bits per heavy atom. The molecule has 0 bridgehead atoms. The van der Waals surface area contributed by atoms with Crippen LogP contribution in [0.2, 0.25) is 0 Å². The lowest BCUT2D eigenvalue weighted by Crippen LogP contribution is -2.46. The van der Waals surface area contributed by atoms with Crippen molar-refractivity contribution in [2.45, 2.75) is 45.2 Å². The zero-order chi connectivity index (χ0) is 11.3. The van der Waals surface area contributed by atoms with E-state index in [1.54, 1.807) is 11.3 Å². The van der Waals surface area contributed by atoms with Gasteiger partial charge in [-0.2, -0.15) is 11.3 Å². The van der Waals surface area contributed by atoms with E-state index >= 15 is 0 Å². The van der Waals surface area contributed by atoms with Gasteiger partial charge in [0.15, 0.2) is 0 Å². The van der Waals surface area contributed by atoms with Gasteiger partial charge in [-0.05, 0) is 42.7 Å². The second-order valence-corrected chi connectivity index (χ2v) is 5.17. The number of hydrogen-bond acceptors (Lipinski definition) is 3. The van der Waals surface area contributed by atoms with Crippen LogP contribution in [-0.4, -0.2) is 17.3 Å². The Hall–Kier alpha value is -0.380. The van der Waals surface area contributed by atoms with Gasteiger partial charge >= 0.3 is 0 Å². The van der Waals surface area contributed by atoms with E-state index in [-0.39, 0.29) is 12.1 Å². The SMILES string of the molecule is CCCC(C)(CO)NC(C)c1ccsc1. The van der Waals surface area contributed by atoms with Crippen molar-refractivity contribution in [1.29, 1.82) is 0 Å². The molecule has 0 aromatic carbocycles. The predicted molar refractivity (Wildman–Crippen MR) is 66.3 cm³/mol. The van der Waals surface area contributed by atoms with Crippen molar-refractivity contribution in [3.63, 3.8) is 0 Å². The van der Waals surface area contributed by atoms with Crippen molar-refractivity contribution >= 4 is 11.3 Å². The zero-order valence-electron chi connectivity index (χ0n) is 9.79. The van der Waals surface area contributed by atoms with Gasteiger partial charge in [-0.3, -0.25) is 0 Å². The van der Waals surface area contributed by atoms with Crippen molar-refractivity contribution in [1.82, 2.24) is 5.32 Å². The zero-order valence-corrected chi connectivity index (χ0v) is 10.6. The molecular weight excluding hydrogens is 206 g/mol. The van der Waals surface area contributed by atoms with Crippen LogP contribution < -0.4 is 5.32 Å². The number of thiophene rings is 1. The molecule has 2 atom stereocenters. The van der Waals surface area contributed by atoms with Crippen LogP contribution in [0.1, 0.15) is 45.2 Å². The van der Waals surface area contributed by atoms with Crippen molar-refractivity contribution in [2.75, 3.05) is 6.61 Å². The third-order valence-corrected chi connectivity index (χ3v) is 3.46. The predicted octanol–water partition coefficient (Wildman–Crippen LogP) is 2.95. The van der Waals surface area contributed by atoms with Crippen molar-refractivity contribution in [3.8, 4) is 0 Å². The van der Waals surface area contributed by atoms with Crippen LogP contribution in [0.5, 0.6) is 0 Å². The second-order valence-electron chi connectivity index (χ2n) is 4.39. The summed E-state index contributed by atoms with van der Waals surface area (Å²) in [6.07, 6.45) is 2.08. The van der Waals surface area contributed by atoms with Crippen LogP contribution >= 0.6 is 11.3 Å². The summed E-state index contributed by atoms with van der Waals surface area (Å²) in [7, 11) is 0. The summed E-state index contributed by atoms with van der Waals surface area (Å²) in [6.45, 7) is 6.56. The van der Waals surface area contributed by atoms with Crippen LogP contribution in [0, 0.1) is 0 Å². The fourth-order valence-corrected chi connectivity index (χ4v) is 2.63. The van der Waals surface area contributed by atoms with Gasteiger partial charge in [0.25, 0.3) is 0 Å². The fraction of sp³-hybridized carbons (Fsp3) is 0.667. The van der Waals surface area contributed by atoms with Gasteiger partial charge in [0, 0.05) is 11.6 Å². The highest BCUT2D eigenvalue weighted by atomic mass is 32.1. The number of aliphatic hydroxyl groups is 1. The highest BCUT2D eigenvalue weighted by Gasteiger charge is 2.24. The molecule has 0 saturated heterocycles. The number of hydrogen-bond donors (Lipinski definition) is 2. The average Bonchev–Trinajstić information content (AvgIpc) is 2.71. The number of aliphatic hydroxyl groups excluding tert-OH is 1. The van der Waals surface area contributed by atoms with Crippen LogP contribution in [0.4, 0.5) is 0 Å². The Bertz CT molecular complexity index is 273. The first-order valence-electron chi connectivity index (χ1n) is 5.52. The van der Waals surface area contributed by atoms with E-state index in [2.05, 4.69) is 42.9 Å². The summed E-state index contributed by atoms with van der Waals surface area (Å²) in [5.74, 6) is 0. The topological polar surface area (TPSA) is 32.3 Å². The van der Waals surface area contributed by atoms with E-state index in [1.165, 1.54) is 5.56 Å². The molecule has 2 unspecified atom stereocenters. The fourth-order valence-electron chi connectivity index (χ4n) is 1.88. The largest absolute Gasteiger partial charge is 0.394 e. The highest BCUT2D eigenvalue weighted by Crippen LogP contribution is 2.21. The van der Waals surface area contributed by atoms with Crippen LogP contribution in [0.3, 0.4) is 0 Å². The highest BCUT2D eigenvalue weighted by molar-refractivity contribution is 7.07. The van der Waals surface area contributed by atoms with Gasteiger partial charge in [-0.1, -0.05) is 13.3 Å². The Morgan fingerprint density at radius 2 is 2.33 bits per heavy atom. The maximum Gasteiger partial charge on any atom is 0.0610 e. The average molecular weight is 227 g/mol. The summed E-state index contributed by atoms with van der Waals surface area (Å²) >= 11 is 1.71. The van der Waals surface area contributed by atoms with E-state index in [9.17, 15) is 5.11 Å². The molecule has 0 spiro atoms. The Morgan fingerprint density at radius 3 is 2.80 bits per heavy atom. The first kappa shape index (κ1) is 12.7. The molecule has 2 nitrogen and oxygen atoms in total. The molecular formula is C12H21NOS. The summed E-state index contributed by atoms with van der Waals surface area (Å²) in [4.78, 5) is 0. The van der Waals surface area contributed by atoms with Gasteiger partial charge in [0.05, 0.1) is 6.61 Å². The normalized spacial score (nSPS) is 17.3. The van der Waals surface area contributed by atoms with Crippen molar-refractivity contribution < 1.29 is 5.11 Å². The molecule has 1 rings (SSSR count). The third-order valence-electron chi connectivity index (χ3n) is 2.76. The van der Waals surface area contributed by atoms with Crippen LogP contribution in [0.25, 0.3) is 0 Å². The molecule has 0 saturated carbocycles. The van der Waals surface area contributed by atoms with Gasteiger partial charge < -0.3 is 10.4 Å². The Balaban J connectivity index is 2.59. The third kappa shape index (κ3) is 3.59. The van der Waals surface area contributed by atoms with E-state index in [0.29, 0.717) is 6.04 Å². The standard InChI is InChI=1S/C12H21NOS/c1-4-6-12(3,9-14)13-10(2)11-5-7-15-8-11/h5,7-8,10,13-14H,4,6,9H2,1-3H3. The molecule has 0 amide bonds. The minimum Gasteiger partial charge on any atom is -0.394 e. The summed E-state index contributed by atoms with van der Waals surface area (Å²) in [5.41, 5.74) is 1.15. The van der Waals surface area contributed by atoms with Crippen molar-refractivity contribution in [2.24, 2.45) is 0 Å². The summed E-state index contributed by atoms with van der Waals surface area (Å²) in [6, 6.07) is 2.44. The lowest BCUT2D eigenvalue weighted by molar-refractivity contribution is 0.154. The molecule has 0 aliphatic rings. The maximum absolute atomic E-state index is 9.40. The molecule has 3 heteroatoms. The van der Waals surface area contributed by atoms with Crippen molar-refractivity contribution in [3.05, 3.63) is 22.4 Å². The molecule has 2 N–H and O–H groups in total. The van der Waals surface area contributed by atoms with Gasteiger partial charge in [0.1, 0.15) is 0 Å². The molecule has 15 heavy (non-hydrogen) atoms. The number of nitrogens with one attached hydrogen (secondary N) is 1. The quantitative estimate of drug-likeness (QED) is 0.783. The first-order chi connectivity index (χ1) is 7.11. The van der Waals surface area contributed by atoms with Crippen LogP contribution in [0.15, 0.2) is 16.8 Å². The maximum atomic E-state index is 9.40. The number of rotatable bonds is 6. The minimum atomic E-state index is -0.157. The van der Waals surface area contributed by atoms with E-state index in [0.717, 1.165) is 12.8 Å². The first-order valence-corrected chi connectivity index (χ1v) is 6.46. The molecule has 1 heterocycles. The van der Waals surface area contributed by atoms with Crippen LogP contribution in [-0.2, 0) is 0 Å². The van der Waals surface area contributed by atoms with Gasteiger partial charge in [0.2, 0.25) is 0 Å². The molecule has 0 aliphatic heterocycles. The summed E-state index contributed by atoms with van der Waals surface area (Å²) in [5, 5.41) is 17.1. The Labute approximate surface area is 96.3 Å². The second kappa shape index (κ2) is 5.64. The molecule has 0 aliphatic carbocycles. The van der Waals surface area contributed by atoms with Gasteiger partial charge in [-0.15, -0.1) is 0 Å². The van der Waals surface area contributed by atoms with E-state index < -0.39 is 0 Å². The minimum absolute atomic E-state index is 0.157. The lowest BCUT2D eigenvalue weighted by Gasteiger charge is -2.32. The van der Waals surface area contributed by atoms with E-state index in [1.807, 2.05) is 0 Å². The van der Waals surface area contributed by atoms with Gasteiger partial charge in [-0.25, -0.2) is 0 Å². The molecule has 1 aromatic heterocycles. The molecule has 0 radical (unpaired) electrons. The summed E-state index contributed by atoms with van der Waals surface area (Å²) < 4.78 is 0. The molecule has 86 valence electrons. The lowest BCUT2D eigenvalue weighted by atomic mass is 9.95. The monoisotopic (exact) mass is 227 g/mol. The molecule has 0 fully saturated rings.